The van der Waals surface area contributed by atoms with Gasteiger partial charge in [0.1, 0.15) is 35.0 Å². The lowest BCUT2D eigenvalue weighted by molar-refractivity contribution is -0.150. The van der Waals surface area contributed by atoms with Gasteiger partial charge in [-0.3, -0.25) is 19.3 Å². The SMILES string of the molecule is C=CCON=C(C(=O)NC1C(=O)N2C(C(=O)O)=C(CSc3nnnn3CCNC(=O)OC(C)(C)C)CS[C@@H]12)c1csc(NC=O)n1. The number of rotatable bonds is 15. The molecule has 2 atom stereocenters. The Morgan fingerprint density at radius 3 is 2.80 bits per heavy atom. The molecule has 0 saturated carbocycles. The number of nitrogens with one attached hydrogen (secondary N) is 3. The zero-order valence-electron chi connectivity index (χ0n) is 24.8. The van der Waals surface area contributed by atoms with E-state index in [-0.39, 0.29) is 53.4 Å². The van der Waals surface area contributed by atoms with Gasteiger partial charge in [0.15, 0.2) is 10.8 Å². The number of aliphatic carboxylic acids is 1. The predicted octanol–water partition coefficient (Wildman–Crippen LogP) is 0.660. The first-order chi connectivity index (χ1) is 21.9. The van der Waals surface area contributed by atoms with Crippen LogP contribution < -0.4 is 16.0 Å². The fourth-order valence-electron chi connectivity index (χ4n) is 4.03. The summed E-state index contributed by atoms with van der Waals surface area (Å²) in [6.07, 6.45) is 1.28. The number of nitrogens with zero attached hydrogens (tertiary/aromatic N) is 7. The Bertz CT molecular complexity index is 1570. The molecule has 2 aliphatic rings. The Morgan fingerprint density at radius 1 is 1.33 bits per heavy atom. The zero-order chi connectivity index (χ0) is 33.4. The number of carbonyl (C=O) groups excluding carboxylic acids is 4. The smallest absolute Gasteiger partial charge is 0.407 e. The number of aromatic nitrogens is 5. The van der Waals surface area contributed by atoms with Crippen LogP contribution in [0.15, 0.2) is 39.6 Å². The minimum atomic E-state index is -1.29. The van der Waals surface area contributed by atoms with Crippen LogP contribution >= 0.6 is 34.9 Å². The Labute approximate surface area is 274 Å². The summed E-state index contributed by atoms with van der Waals surface area (Å²) in [6, 6.07) is -1.04. The highest BCUT2D eigenvalue weighted by atomic mass is 32.2. The molecule has 4 rings (SSSR count). The van der Waals surface area contributed by atoms with Gasteiger partial charge in [0.05, 0.1) is 6.54 Å². The van der Waals surface area contributed by atoms with Gasteiger partial charge in [-0.15, -0.1) is 28.2 Å². The molecule has 1 unspecified atom stereocenters. The van der Waals surface area contributed by atoms with Gasteiger partial charge in [0, 0.05) is 23.4 Å². The second-order valence-electron chi connectivity index (χ2n) is 10.3. The van der Waals surface area contributed by atoms with Crippen molar-refractivity contribution in [1.82, 2.24) is 40.7 Å². The number of carboxylic acids is 1. The summed E-state index contributed by atoms with van der Waals surface area (Å²) < 4.78 is 6.66. The van der Waals surface area contributed by atoms with Crippen LogP contribution in [0.1, 0.15) is 26.5 Å². The van der Waals surface area contributed by atoms with Crippen LogP contribution in [0.3, 0.4) is 0 Å². The Hall–Kier alpha value is -4.50. The molecule has 2 aliphatic heterocycles. The predicted molar refractivity (Wildman–Crippen MR) is 167 cm³/mol. The van der Waals surface area contributed by atoms with Gasteiger partial charge < -0.3 is 30.6 Å². The number of hydrogen-bond acceptors (Lipinski definition) is 15. The molecule has 246 valence electrons. The fourth-order valence-corrected chi connectivity index (χ4v) is 7.08. The molecule has 1 saturated heterocycles. The lowest BCUT2D eigenvalue weighted by Crippen LogP contribution is -2.71. The largest absolute Gasteiger partial charge is 0.477 e. The quantitative estimate of drug-likeness (QED) is 0.0382. The molecule has 1 fully saturated rings. The number of carboxylic acid groups (broad SMARTS) is 1. The van der Waals surface area contributed by atoms with E-state index in [1.807, 2.05) is 0 Å². The van der Waals surface area contributed by atoms with Gasteiger partial charge in [0.25, 0.3) is 11.8 Å². The van der Waals surface area contributed by atoms with E-state index in [1.165, 1.54) is 39.7 Å². The van der Waals surface area contributed by atoms with Gasteiger partial charge in [0.2, 0.25) is 11.6 Å². The first-order valence-electron chi connectivity index (χ1n) is 13.5. The number of amides is 4. The maximum absolute atomic E-state index is 13.2. The third kappa shape index (κ3) is 8.40. The summed E-state index contributed by atoms with van der Waals surface area (Å²) in [6.45, 7) is 9.20. The molecule has 46 heavy (non-hydrogen) atoms. The molecule has 0 bridgehead atoms. The number of tetrazole rings is 1. The standard InChI is InChI=1S/C25H30N10O8S3/c1-5-8-42-31-15(14-11-45-22(28-14)27-12-36)18(37)29-16-19(38)35-17(21(39)40)13(9-44-20(16)35)10-46-23-30-32-33-34(23)7-6-26-24(41)43-25(2,3)4/h5,11-12,16,20H,1,6-10H2,2-4H3,(H,26,41)(H,29,37)(H,39,40)(H,27,28,36)/t16?,20-/m0/s1. The second kappa shape index (κ2) is 15.2. The summed E-state index contributed by atoms with van der Waals surface area (Å²) in [5.74, 6) is -2.26. The van der Waals surface area contributed by atoms with Crippen molar-refractivity contribution in [3.05, 3.63) is 35.0 Å². The normalized spacial score (nSPS) is 17.8. The van der Waals surface area contributed by atoms with E-state index in [9.17, 15) is 29.1 Å². The molecule has 0 aliphatic carbocycles. The van der Waals surface area contributed by atoms with Crippen LogP contribution in [0, 0.1) is 0 Å². The highest BCUT2D eigenvalue weighted by Crippen LogP contribution is 2.41. The minimum Gasteiger partial charge on any atom is -0.477 e. The monoisotopic (exact) mass is 694 g/mol. The maximum Gasteiger partial charge on any atom is 0.407 e. The summed E-state index contributed by atoms with van der Waals surface area (Å²) in [7, 11) is 0. The highest BCUT2D eigenvalue weighted by molar-refractivity contribution is 8.01. The van der Waals surface area contributed by atoms with Crippen LogP contribution in [-0.2, 0) is 35.3 Å². The number of thiazole rings is 1. The van der Waals surface area contributed by atoms with Gasteiger partial charge in [-0.2, -0.15) is 0 Å². The summed E-state index contributed by atoms with van der Waals surface area (Å²) >= 11 is 3.52. The molecular formula is C25H30N10O8S3. The third-order valence-electron chi connectivity index (χ3n) is 5.90. The van der Waals surface area contributed by atoms with Crippen molar-refractivity contribution in [3.8, 4) is 0 Å². The number of oxime groups is 1. The van der Waals surface area contributed by atoms with Crippen LogP contribution in [0.2, 0.25) is 0 Å². The van der Waals surface area contributed by atoms with E-state index < -0.39 is 40.9 Å². The minimum absolute atomic E-state index is 0.00211. The van der Waals surface area contributed by atoms with E-state index in [4.69, 9.17) is 9.57 Å². The van der Waals surface area contributed by atoms with Crippen molar-refractivity contribution in [3.63, 3.8) is 0 Å². The van der Waals surface area contributed by atoms with Gasteiger partial charge in [-0.25, -0.2) is 19.3 Å². The average molecular weight is 695 g/mol. The lowest BCUT2D eigenvalue weighted by Gasteiger charge is -2.49. The van der Waals surface area contributed by atoms with Crippen molar-refractivity contribution >= 4 is 76.0 Å². The topological polar surface area (TPSA) is 232 Å². The van der Waals surface area contributed by atoms with E-state index in [1.54, 1.807) is 20.8 Å². The molecule has 4 N–H and O–H groups in total. The molecule has 21 heteroatoms. The first-order valence-corrected chi connectivity index (χ1v) is 16.4. The molecule has 4 heterocycles. The highest BCUT2D eigenvalue weighted by Gasteiger charge is 2.54. The van der Waals surface area contributed by atoms with E-state index >= 15 is 0 Å². The molecule has 2 aromatic rings. The molecule has 4 amide bonds. The van der Waals surface area contributed by atoms with Crippen LogP contribution in [-0.4, -0.2) is 113 Å². The van der Waals surface area contributed by atoms with Gasteiger partial charge in [-0.05, 0) is 36.8 Å². The van der Waals surface area contributed by atoms with E-state index in [0.29, 0.717) is 17.1 Å². The number of ether oxygens (including phenoxy) is 1. The van der Waals surface area contributed by atoms with E-state index in [0.717, 1.165) is 16.2 Å². The Kier molecular flexibility index (Phi) is 11.4. The maximum atomic E-state index is 13.2. The van der Waals surface area contributed by atoms with Crippen LogP contribution in [0.4, 0.5) is 9.93 Å². The fraction of sp³-hybridized carbons (Fsp3) is 0.440. The van der Waals surface area contributed by atoms with Crippen LogP contribution in [0.5, 0.6) is 0 Å². The number of fused-ring (bicyclic) bond motifs is 1. The van der Waals surface area contributed by atoms with Crippen LogP contribution in [0.25, 0.3) is 0 Å². The third-order valence-corrected chi connectivity index (χ3v) is 9.05. The average Bonchev–Trinajstić information content (AvgIpc) is 3.65. The van der Waals surface area contributed by atoms with E-state index in [2.05, 4.69) is 48.2 Å². The number of β-lactam (4-membered cyclic amide) rings is 1. The number of anilines is 1. The molecule has 0 spiro atoms. The summed E-state index contributed by atoms with van der Waals surface area (Å²) in [5.41, 5.74) is -0.491. The van der Waals surface area contributed by atoms with Crippen molar-refractivity contribution in [2.75, 3.05) is 30.0 Å². The molecule has 0 aromatic carbocycles. The first kappa shape index (κ1) is 34.4. The van der Waals surface area contributed by atoms with Crippen molar-refractivity contribution in [2.45, 2.75) is 49.5 Å². The number of alkyl carbamates (subject to hydrolysis) is 1. The Morgan fingerprint density at radius 2 is 2.11 bits per heavy atom. The summed E-state index contributed by atoms with van der Waals surface area (Å²) in [5, 5.41) is 34.4. The van der Waals surface area contributed by atoms with Gasteiger partial charge in [-0.1, -0.05) is 29.6 Å². The van der Waals surface area contributed by atoms with Crippen molar-refractivity contribution in [1.29, 1.82) is 0 Å². The van der Waals surface area contributed by atoms with Crippen molar-refractivity contribution < 1.29 is 38.7 Å². The second-order valence-corrected chi connectivity index (χ2v) is 13.3. The van der Waals surface area contributed by atoms with Gasteiger partial charge >= 0.3 is 12.1 Å². The summed E-state index contributed by atoms with van der Waals surface area (Å²) in [4.78, 5) is 71.8. The lowest BCUT2D eigenvalue weighted by atomic mass is 10.0. The zero-order valence-corrected chi connectivity index (χ0v) is 27.2. The molecule has 2 aromatic heterocycles. The molecule has 18 nitrogen and oxygen atoms in total. The number of hydrogen-bond donors (Lipinski definition) is 4. The molecular weight excluding hydrogens is 665 g/mol. The number of carbonyl (C=O) groups is 5. The Balaban J connectivity index is 1.40. The molecule has 0 radical (unpaired) electrons. The number of thioether (sulfide) groups is 2. The van der Waals surface area contributed by atoms with Crippen molar-refractivity contribution in [2.24, 2.45) is 5.16 Å².